The molecule has 4 heteroatoms. The SMILES string of the molecule is CCOc1ccccc1OC1CC(N)C1OC. The second-order valence-electron chi connectivity index (χ2n) is 4.14. The van der Waals surface area contributed by atoms with E-state index in [2.05, 4.69) is 0 Å². The first-order valence-corrected chi connectivity index (χ1v) is 5.93. The van der Waals surface area contributed by atoms with Crippen LogP contribution >= 0.6 is 0 Å². The van der Waals surface area contributed by atoms with E-state index in [4.69, 9.17) is 19.9 Å². The zero-order chi connectivity index (χ0) is 12.3. The Kier molecular flexibility index (Phi) is 3.86. The summed E-state index contributed by atoms with van der Waals surface area (Å²) in [6, 6.07) is 7.74. The van der Waals surface area contributed by atoms with E-state index in [0.29, 0.717) is 6.61 Å². The van der Waals surface area contributed by atoms with Crippen molar-refractivity contribution in [2.45, 2.75) is 31.6 Å². The quantitative estimate of drug-likeness (QED) is 0.844. The van der Waals surface area contributed by atoms with Crippen molar-refractivity contribution in [1.82, 2.24) is 0 Å². The summed E-state index contributed by atoms with van der Waals surface area (Å²) in [4.78, 5) is 0. The van der Waals surface area contributed by atoms with E-state index in [9.17, 15) is 0 Å². The van der Waals surface area contributed by atoms with Crippen LogP contribution in [0.2, 0.25) is 0 Å². The summed E-state index contributed by atoms with van der Waals surface area (Å²) in [5, 5.41) is 0. The standard InChI is InChI=1S/C13H19NO3/c1-3-16-10-6-4-5-7-11(10)17-12-8-9(14)13(12)15-2/h4-7,9,12-13H,3,8,14H2,1-2H3. The third-order valence-electron chi connectivity index (χ3n) is 2.99. The fourth-order valence-corrected chi connectivity index (χ4v) is 2.04. The molecule has 1 aliphatic rings. The molecule has 0 spiro atoms. The molecule has 1 saturated carbocycles. The summed E-state index contributed by atoms with van der Waals surface area (Å²) < 4.78 is 16.7. The average molecular weight is 237 g/mol. The predicted octanol–water partition coefficient (Wildman–Crippen LogP) is 1.58. The first-order chi connectivity index (χ1) is 8.26. The van der Waals surface area contributed by atoms with Crippen LogP contribution in [0.15, 0.2) is 24.3 Å². The summed E-state index contributed by atoms with van der Waals surface area (Å²) in [7, 11) is 1.66. The van der Waals surface area contributed by atoms with Crippen molar-refractivity contribution in [1.29, 1.82) is 0 Å². The van der Waals surface area contributed by atoms with Crippen LogP contribution in [0.5, 0.6) is 11.5 Å². The van der Waals surface area contributed by atoms with E-state index >= 15 is 0 Å². The Labute approximate surface area is 102 Å². The van der Waals surface area contributed by atoms with Crippen LogP contribution in [0, 0.1) is 0 Å². The monoisotopic (exact) mass is 237 g/mol. The highest BCUT2D eigenvalue weighted by Gasteiger charge is 2.41. The van der Waals surface area contributed by atoms with Crippen molar-refractivity contribution in [3.63, 3.8) is 0 Å². The van der Waals surface area contributed by atoms with Gasteiger partial charge in [-0.15, -0.1) is 0 Å². The number of rotatable bonds is 5. The molecule has 4 nitrogen and oxygen atoms in total. The van der Waals surface area contributed by atoms with Crippen molar-refractivity contribution in [2.75, 3.05) is 13.7 Å². The molecule has 1 aliphatic carbocycles. The van der Waals surface area contributed by atoms with Crippen molar-refractivity contribution < 1.29 is 14.2 Å². The number of para-hydroxylation sites is 2. The lowest BCUT2D eigenvalue weighted by molar-refractivity contribution is -0.0789. The Bertz CT molecular complexity index is 369. The van der Waals surface area contributed by atoms with Crippen LogP contribution in [0.4, 0.5) is 0 Å². The van der Waals surface area contributed by atoms with Gasteiger partial charge in [0.1, 0.15) is 12.2 Å². The first-order valence-electron chi connectivity index (χ1n) is 5.93. The molecule has 0 aromatic heterocycles. The lowest BCUT2D eigenvalue weighted by Crippen LogP contribution is -2.59. The van der Waals surface area contributed by atoms with E-state index in [1.165, 1.54) is 0 Å². The zero-order valence-corrected chi connectivity index (χ0v) is 10.3. The van der Waals surface area contributed by atoms with Crippen LogP contribution in [-0.2, 0) is 4.74 Å². The lowest BCUT2D eigenvalue weighted by Gasteiger charge is -2.41. The maximum absolute atomic E-state index is 5.88. The van der Waals surface area contributed by atoms with Gasteiger partial charge in [0.25, 0.3) is 0 Å². The van der Waals surface area contributed by atoms with Crippen LogP contribution in [0.25, 0.3) is 0 Å². The maximum atomic E-state index is 5.88. The summed E-state index contributed by atoms with van der Waals surface area (Å²) in [6.45, 7) is 2.58. The third-order valence-corrected chi connectivity index (χ3v) is 2.99. The minimum atomic E-state index is -0.0234. The minimum absolute atomic E-state index is 0.0234. The van der Waals surface area contributed by atoms with Crippen LogP contribution in [0.3, 0.4) is 0 Å². The summed E-state index contributed by atoms with van der Waals surface area (Å²) >= 11 is 0. The second kappa shape index (κ2) is 5.38. The van der Waals surface area contributed by atoms with Gasteiger partial charge in [-0.2, -0.15) is 0 Å². The van der Waals surface area contributed by atoms with Gasteiger partial charge in [0, 0.05) is 19.6 Å². The van der Waals surface area contributed by atoms with Gasteiger partial charge >= 0.3 is 0 Å². The second-order valence-corrected chi connectivity index (χ2v) is 4.14. The molecule has 3 unspecified atom stereocenters. The van der Waals surface area contributed by atoms with Gasteiger partial charge in [0.15, 0.2) is 11.5 Å². The van der Waals surface area contributed by atoms with Crippen LogP contribution < -0.4 is 15.2 Å². The highest BCUT2D eigenvalue weighted by molar-refractivity contribution is 5.39. The number of ether oxygens (including phenoxy) is 3. The Balaban J connectivity index is 2.03. The number of methoxy groups -OCH3 is 1. The van der Waals surface area contributed by atoms with Gasteiger partial charge in [-0.05, 0) is 19.1 Å². The Morgan fingerprint density at radius 3 is 2.59 bits per heavy atom. The Morgan fingerprint density at radius 2 is 2.00 bits per heavy atom. The molecule has 3 atom stereocenters. The fraction of sp³-hybridized carbons (Fsp3) is 0.538. The van der Waals surface area contributed by atoms with Gasteiger partial charge in [-0.1, -0.05) is 12.1 Å². The third kappa shape index (κ3) is 2.53. The van der Waals surface area contributed by atoms with Gasteiger partial charge in [-0.25, -0.2) is 0 Å². The lowest BCUT2D eigenvalue weighted by atomic mass is 9.86. The molecule has 0 saturated heterocycles. The van der Waals surface area contributed by atoms with Gasteiger partial charge < -0.3 is 19.9 Å². The zero-order valence-electron chi connectivity index (χ0n) is 10.3. The van der Waals surface area contributed by atoms with Gasteiger partial charge in [0.05, 0.1) is 6.61 Å². The molecule has 2 N–H and O–H groups in total. The van der Waals surface area contributed by atoms with Crippen molar-refractivity contribution in [3.05, 3.63) is 24.3 Å². The van der Waals surface area contributed by atoms with E-state index in [-0.39, 0.29) is 18.2 Å². The summed E-state index contributed by atoms with van der Waals surface area (Å²) in [5.41, 5.74) is 5.84. The maximum Gasteiger partial charge on any atom is 0.161 e. The smallest absolute Gasteiger partial charge is 0.161 e. The normalized spacial score (nSPS) is 27.4. The molecule has 94 valence electrons. The highest BCUT2D eigenvalue weighted by atomic mass is 16.6. The number of hydrogen-bond donors (Lipinski definition) is 1. The fourth-order valence-electron chi connectivity index (χ4n) is 2.04. The first kappa shape index (κ1) is 12.2. The largest absolute Gasteiger partial charge is 0.490 e. The molecule has 1 aromatic carbocycles. The van der Waals surface area contributed by atoms with Gasteiger partial charge in [-0.3, -0.25) is 0 Å². The van der Waals surface area contributed by atoms with E-state index in [1.54, 1.807) is 7.11 Å². The predicted molar refractivity (Wildman–Crippen MR) is 65.4 cm³/mol. The summed E-state index contributed by atoms with van der Waals surface area (Å²) in [5.74, 6) is 1.53. The van der Waals surface area contributed by atoms with Crippen molar-refractivity contribution >= 4 is 0 Å². The van der Waals surface area contributed by atoms with E-state index in [0.717, 1.165) is 17.9 Å². The molecule has 0 bridgehead atoms. The average Bonchev–Trinajstić information content (AvgIpc) is 2.31. The summed E-state index contributed by atoms with van der Waals surface area (Å²) in [6.07, 6.45) is 0.820. The molecule has 2 rings (SSSR count). The Morgan fingerprint density at radius 1 is 1.29 bits per heavy atom. The number of hydrogen-bond acceptors (Lipinski definition) is 4. The molecule has 0 heterocycles. The highest BCUT2D eigenvalue weighted by Crippen LogP contribution is 2.32. The molecular formula is C13H19NO3. The van der Waals surface area contributed by atoms with Crippen LogP contribution in [-0.4, -0.2) is 32.0 Å². The number of benzene rings is 1. The van der Waals surface area contributed by atoms with E-state index in [1.807, 2.05) is 31.2 Å². The molecule has 0 radical (unpaired) electrons. The molecule has 0 aliphatic heterocycles. The molecule has 17 heavy (non-hydrogen) atoms. The molecule has 0 amide bonds. The van der Waals surface area contributed by atoms with Gasteiger partial charge in [0.2, 0.25) is 0 Å². The molecule has 1 aromatic rings. The van der Waals surface area contributed by atoms with Crippen molar-refractivity contribution in [2.24, 2.45) is 5.73 Å². The van der Waals surface area contributed by atoms with Crippen LogP contribution in [0.1, 0.15) is 13.3 Å². The number of nitrogens with two attached hydrogens (primary N) is 1. The minimum Gasteiger partial charge on any atom is -0.490 e. The van der Waals surface area contributed by atoms with Crippen molar-refractivity contribution in [3.8, 4) is 11.5 Å². The Hall–Kier alpha value is -1.26. The topological polar surface area (TPSA) is 53.7 Å². The van der Waals surface area contributed by atoms with E-state index < -0.39 is 0 Å². The molecular weight excluding hydrogens is 218 g/mol. The molecule has 1 fully saturated rings.